The maximum absolute atomic E-state index is 13.3. The molecule has 4 rings (SSSR count). The van der Waals surface area contributed by atoms with E-state index in [4.69, 9.17) is 25.8 Å². The second kappa shape index (κ2) is 9.60. The summed E-state index contributed by atoms with van der Waals surface area (Å²) in [5.74, 6) is -1.12. The summed E-state index contributed by atoms with van der Waals surface area (Å²) in [6, 6.07) is 14.6. The van der Waals surface area contributed by atoms with Gasteiger partial charge in [-0.15, -0.1) is 0 Å². The molecule has 180 valence electrons. The lowest BCUT2D eigenvalue weighted by atomic mass is 9.94. The van der Waals surface area contributed by atoms with Crippen molar-refractivity contribution in [1.29, 1.82) is 0 Å². The summed E-state index contributed by atoms with van der Waals surface area (Å²) in [6.45, 7) is 0. The van der Waals surface area contributed by atoms with E-state index in [1.807, 2.05) is 0 Å². The van der Waals surface area contributed by atoms with Crippen molar-refractivity contribution in [1.82, 2.24) is 0 Å². The number of methoxy groups -OCH3 is 3. The molecule has 0 spiro atoms. The number of anilines is 1. The predicted molar refractivity (Wildman–Crippen MR) is 130 cm³/mol. The molecular formula is C26H22ClNO7. The van der Waals surface area contributed by atoms with Crippen LogP contribution in [0.2, 0.25) is 5.02 Å². The van der Waals surface area contributed by atoms with Crippen molar-refractivity contribution in [3.63, 3.8) is 0 Å². The molecule has 9 heteroatoms. The number of hydrogen-bond donors (Lipinski definition) is 2. The number of carbonyl (C=O) groups is 2. The van der Waals surface area contributed by atoms with Gasteiger partial charge < -0.3 is 24.4 Å². The quantitative estimate of drug-likeness (QED) is 0.290. The Labute approximate surface area is 206 Å². The van der Waals surface area contributed by atoms with Gasteiger partial charge in [0.1, 0.15) is 28.8 Å². The van der Waals surface area contributed by atoms with Gasteiger partial charge in [-0.2, -0.15) is 0 Å². The number of aromatic hydroxyl groups is 1. The summed E-state index contributed by atoms with van der Waals surface area (Å²) in [5.41, 5.74) is 0.820. The zero-order valence-electron chi connectivity index (χ0n) is 19.1. The number of carbonyl (C=O) groups excluding carboxylic acids is 2. The summed E-state index contributed by atoms with van der Waals surface area (Å²) in [7, 11) is 4.39. The Balaban J connectivity index is 1.98. The molecule has 1 heterocycles. The molecule has 3 aromatic carbocycles. The predicted octanol–water partition coefficient (Wildman–Crippen LogP) is 4.70. The topological polar surface area (TPSA) is 106 Å². The van der Waals surface area contributed by atoms with E-state index >= 15 is 0 Å². The number of hydrogen-bond acceptors (Lipinski definition) is 7. The first-order valence-corrected chi connectivity index (χ1v) is 10.8. The Morgan fingerprint density at radius 2 is 1.63 bits per heavy atom. The number of ether oxygens (including phenoxy) is 3. The van der Waals surface area contributed by atoms with E-state index in [1.165, 1.54) is 50.5 Å². The Hall–Kier alpha value is -4.17. The third-order valence-corrected chi connectivity index (χ3v) is 6.03. The van der Waals surface area contributed by atoms with Crippen molar-refractivity contribution in [3.8, 4) is 23.0 Å². The van der Waals surface area contributed by atoms with Gasteiger partial charge in [-0.3, -0.25) is 14.5 Å². The second-order valence-corrected chi connectivity index (χ2v) is 8.05. The van der Waals surface area contributed by atoms with Crippen LogP contribution in [0.15, 0.2) is 66.2 Å². The van der Waals surface area contributed by atoms with Gasteiger partial charge in [0.2, 0.25) is 0 Å². The van der Waals surface area contributed by atoms with Gasteiger partial charge in [0, 0.05) is 17.8 Å². The SMILES string of the molecule is COc1cccc(N2C(=O)C(=O)/C(=C(\O)c3ccc(OC)cc3OC)C2c2ccc(O)c(Cl)c2)c1. The van der Waals surface area contributed by atoms with Gasteiger partial charge in [-0.05, 0) is 42.0 Å². The average Bonchev–Trinajstić information content (AvgIpc) is 3.15. The molecule has 0 bridgehead atoms. The van der Waals surface area contributed by atoms with Crippen LogP contribution in [-0.2, 0) is 9.59 Å². The number of phenols is 1. The highest BCUT2D eigenvalue weighted by Gasteiger charge is 2.47. The third-order valence-electron chi connectivity index (χ3n) is 5.73. The van der Waals surface area contributed by atoms with E-state index < -0.39 is 23.5 Å². The van der Waals surface area contributed by atoms with Crippen LogP contribution in [-0.4, -0.2) is 43.2 Å². The lowest BCUT2D eigenvalue weighted by molar-refractivity contribution is -0.132. The number of amides is 1. The zero-order chi connectivity index (χ0) is 25.3. The van der Waals surface area contributed by atoms with Crippen LogP contribution in [0, 0.1) is 0 Å². The van der Waals surface area contributed by atoms with E-state index in [0.717, 1.165) is 0 Å². The zero-order valence-corrected chi connectivity index (χ0v) is 19.9. The normalized spacial score (nSPS) is 16.9. The largest absolute Gasteiger partial charge is 0.507 e. The molecule has 1 aliphatic rings. The summed E-state index contributed by atoms with van der Waals surface area (Å²) in [4.78, 5) is 27.9. The van der Waals surface area contributed by atoms with Gasteiger partial charge in [0.25, 0.3) is 11.7 Å². The average molecular weight is 496 g/mol. The molecule has 8 nitrogen and oxygen atoms in total. The van der Waals surface area contributed by atoms with Gasteiger partial charge in [-0.1, -0.05) is 23.7 Å². The molecule has 1 fully saturated rings. The van der Waals surface area contributed by atoms with Gasteiger partial charge in [0.05, 0.1) is 43.5 Å². The number of ketones is 1. The van der Waals surface area contributed by atoms with Gasteiger partial charge in [0.15, 0.2) is 0 Å². The Bertz CT molecular complexity index is 1350. The van der Waals surface area contributed by atoms with Crippen LogP contribution < -0.4 is 19.1 Å². The fourth-order valence-corrected chi connectivity index (χ4v) is 4.20. The first-order chi connectivity index (χ1) is 16.8. The standard InChI is InChI=1S/C26H22ClNO7/c1-33-16-6-4-5-15(12-16)28-23(14-7-10-20(29)19(27)11-14)22(25(31)26(28)32)24(30)18-9-8-17(34-2)13-21(18)35-3/h4-13,23,29-30H,1-3H3/b24-22-. The smallest absolute Gasteiger partial charge is 0.300 e. The highest BCUT2D eigenvalue weighted by Crippen LogP contribution is 2.45. The number of halogens is 1. The van der Waals surface area contributed by atoms with E-state index in [-0.39, 0.29) is 27.7 Å². The molecule has 1 aliphatic heterocycles. The van der Waals surface area contributed by atoms with E-state index in [9.17, 15) is 19.8 Å². The lowest BCUT2D eigenvalue weighted by Gasteiger charge is -2.26. The van der Waals surface area contributed by atoms with Crippen LogP contribution in [0.1, 0.15) is 17.2 Å². The molecule has 1 amide bonds. The molecule has 2 N–H and O–H groups in total. The number of rotatable bonds is 6. The molecule has 35 heavy (non-hydrogen) atoms. The van der Waals surface area contributed by atoms with Crippen LogP contribution in [0.4, 0.5) is 5.69 Å². The van der Waals surface area contributed by atoms with E-state index in [2.05, 4.69) is 0 Å². The summed E-state index contributed by atoms with van der Waals surface area (Å²) >= 11 is 6.16. The summed E-state index contributed by atoms with van der Waals surface area (Å²) < 4.78 is 15.9. The number of phenolic OH excluding ortho intramolecular Hbond substituents is 1. The monoisotopic (exact) mass is 495 g/mol. The molecular weight excluding hydrogens is 474 g/mol. The molecule has 1 atom stereocenters. The van der Waals surface area contributed by atoms with Gasteiger partial charge in [-0.25, -0.2) is 0 Å². The van der Waals surface area contributed by atoms with Crippen LogP contribution in [0.25, 0.3) is 5.76 Å². The van der Waals surface area contributed by atoms with E-state index in [1.54, 1.807) is 36.4 Å². The fourth-order valence-electron chi connectivity index (χ4n) is 4.01. The molecule has 0 radical (unpaired) electrons. The Kier molecular flexibility index (Phi) is 6.57. The molecule has 1 unspecified atom stereocenters. The molecule has 1 saturated heterocycles. The summed E-state index contributed by atoms with van der Waals surface area (Å²) in [6.07, 6.45) is 0. The van der Waals surface area contributed by atoms with Crippen molar-refractivity contribution in [2.45, 2.75) is 6.04 Å². The fraction of sp³-hybridized carbons (Fsp3) is 0.154. The van der Waals surface area contributed by atoms with Crippen molar-refractivity contribution >= 4 is 34.7 Å². The number of aliphatic hydroxyl groups is 1. The number of nitrogens with zero attached hydrogens (tertiary/aromatic N) is 1. The van der Waals surface area contributed by atoms with Crippen LogP contribution in [0.5, 0.6) is 23.0 Å². The third kappa shape index (κ3) is 4.24. The lowest BCUT2D eigenvalue weighted by Crippen LogP contribution is -2.29. The minimum Gasteiger partial charge on any atom is -0.507 e. The Morgan fingerprint density at radius 3 is 2.29 bits per heavy atom. The first kappa shape index (κ1) is 24.0. The minimum absolute atomic E-state index is 0.0285. The van der Waals surface area contributed by atoms with Crippen molar-refractivity contribution in [2.24, 2.45) is 0 Å². The number of Topliss-reactive ketones (excluding diaryl/α,β-unsaturated/α-hetero) is 1. The maximum atomic E-state index is 13.3. The highest BCUT2D eigenvalue weighted by molar-refractivity contribution is 6.51. The van der Waals surface area contributed by atoms with E-state index in [0.29, 0.717) is 22.7 Å². The molecule has 0 saturated carbocycles. The Morgan fingerprint density at radius 1 is 0.914 bits per heavy atom. The van der Waals surface area contributed by atoms with Crippen molar-refractivity contribution in [3.05, 3.63) is 82.4 Å². The van der Waals surface area contributed by atoms with Crippen LogP contribution in [0.3, 0.4) is 0 Å². The highest BCUT2D eigenvalue weighted by atomic mass is 35.5. The summed E-state index contributed by atoms with van der Waals surface area (Å²) in [5, 5.41) is 21.3. The number of aliphatic hydroxyl groups excluding tert-OH is 1. The van der Waals surface area contributed by atoms with Gasteiger partial charge >= 0.3 is 0 Å². The molecule has 0 aliphatic carbocycles. The molecule has 0 aromatic heterocycles. The second-order valence-electron chi connectivity index (χ2n) is 7.65. The first-order valence-electron chi connectivity index (χ1n) is 10.5. The minimum atomic E-state index is -1.05. The molecule has 3 aromatic rings. The maximum Gasteiger partial charge on any atom is 0.300 e. The van der Waals surface area contributed by atoms with Crippen molar-refractivity contribution < 1.29 is 34.0 Å². The number of benzene rings is 3. The van der Waals surface area contributed by atoms with Crippen molar-refractivity contribution in [2.75, 3.05) is 26.2 Å². The van der Waals surface area contributed by atoms with Crippen LogP contribution >= 0.6 is 11.6 Å².